The van der Waals surface area contributed by atoms with Gasteiger partial charge in [0.2, 0.25) is 0 Å². The molecule has 1 unspecified atom stereocenters. The highest BCUT2D eigenvalue weighted by Gasteiger charge is 2.41. The molecule has 1 fully saturated rings. The van der Waals surface area contributed by atoms with Gasteiger partial charge in [0, 0.05) is 6.42 Å². The molecule has 0 aliphatic carbocycles. The molecule has 1 N–H and O–H groups in total. The number of rotatable bonds is 13. The first-order valence-corrected chi connectivity index (χ1v) is 9.07. The van der Waals surface area contributed by atoms with E-state index in [-0.39, 0.29) is 24.1 Å². The summed E-state index contributed by atoms with van der Waals surface area (Å²) in [5, 5.41) is 9.99. The molecule has 3 heteroatoms. The van der Waals surface area contributed by atoms with Crippen molar-refractivity contribution in [3.63, 3.8) is 0 Å². The molecule has 21 heavy (non-hydrogen) atoms. The van der Waals surface area contributed by atoms with Crippen LogP contribution in [-0.4, -0.2) is 23.3 Å². The molecule has 0 aromatic rings. The molecule has 1 rings (SSSR count). The summed E-state index contributed by atoms with van der Waals surface area (Å²) >= 11 is 0. The Labute approximate surface area is 130 Å². The Morgan fingerprint density at radius 3 is 2.10 bits per heavy atom. The Balaban J connectivity index is 1.90. The zero-order valence-electron chi connectivity index (χ0n) is 14.0. The fourth-order valence-electron chi connectivity index (χ4n) is 3.12. The van der Waals surface area contributed by atoms with Crippen LogP contribution in [0.4, 0.5) is 0 Å². The van der Waals surface area contributed by atoms with Crippen molar-refractivity contribution in [2.24, 2.45) is 5.92 Å². The molecule has 3 nitrogen and oxygen atoms in total. The molecule has 0 spiro atoms. The molecule has 0 saturated carbocycles. The monoisotopic (exact) mass is 298 g/mol. The van der Waals surface area contributed by atoms with E-state index < -0.39 is 0 Å². The van der Waals surface area contributed by atoms with Gasteiger partial charge in [-0.25, -0.2) is 0 Å². The average Bonchev–Trinajstić information content (AvgIpc) is 2.45. The third-order valence-corrected chi connectivity index (χ3v) is 4.60. The molecule has 0 aromatic carbocycles. The lowest BCUT2D eigenvalue weighted by Gasteiger charge is -2.35. The van der Waals surface area contributed by atoms with Crippen LogP contribution in [0.3, 0.4) is 0 Å². The number of ether oxygens (including phenoxy) is 1. The second-order valence-electron chi connectivity index (χ2n) is 6.50. The first kappa shape index (κ1) is 18.5. The largest absolute Gasteiger partial charge is 0.461 e. The minimum Gasteiger partial charge on any atom is -0.461 e. The second-order valence-corrected chi connectivity index (χ2v) is 6.50. The van der Waals surface area contributed by atoms with E-state index >= 15 is 0 Å². The van der Waals surface area contributed by atoms with Gasteiger partial charge in [-0.15, -0.1) is 0 Å². The van der Waals surface area contributed by atoms with E-state index in [1.54, 1.807) is 0 Å². The molecule has 1 aliphatic heterocycles. The van der Waals surface area contributed by atoms with Crippen molar-refractivity contribution in [2.75, 3.05) is 0 Å². The van der Waals surface area contributed by atoms with Crippen LogP contribution in [0.25, 0.3) is 0 Å². The van der Waals surface area contributed by atoms with Crippen molar-refractivity contribution in [3.8, 4) is 0 Å². The van der Waals surface area contributed by atoms with Crippen LogP contribution in [0.2, 0.25) is 0 Å². The van der Waals surface area contributed by atoms with E-state index in [2.05, 4.69) is 6.92 Å². The summed E-state index contributed by atoms with van der Waals surface area (Å²) in [6, 6.07) is 0. The Hall–Kier alpha value is -0.570. The Bertz CT molecular complexity index is 278. The van der Waals surface area contributed by atoms with Crippen molar-refractivity contribution in [1.29, 1.82) is 0 Å². The van der Waals surface area contributed by atoms with Gasteiger partial charge in [-0.2, -0.15) is 0 Å². The van der Waals surface area contributed by atoms with Gasteiger partial charge in [-0.3, -0.25) is 4.79 Å². The van der Waals surface area contributed by atoms with Crippen LogP contribution >= 0.6 is 0 Å². The molecule has 3 atom stereocenters. The summed E-state index contributed by atoms with van der Waals surface area (Å²) < 4.78 is 5.11. The van der Waals surface area contributed by atoms with Crippen LogP contribution in [-0.2, 0) is 9.53 Å². The van der Waals surface area contributed by atoms with Gasteiger partial charge in [0.1, 0.15) is 6.10 Å². The van der Waals surface area contributed by atoms with Crippen molar-refractivity contribution in [1.82, 2.24) is 0 Å². The number of carbonyl (C=O) groups is 1. The normalized spacial score (nSPS) is 22.7. The van der Waals surface area contributed by atoms with Crippen molar-refractivity contribution >= 4 is 5.97 Å². The lowest BCUT2D eigenvalue weighted by atomic mass is 9.89. The number of unbranched alkanes of at least 4 members (excludes halogenated alkanes) is 8. The molecular weight excluding hydrogens is 264 g/mol. The van der Waals surface area contributed by atoms with Gasteiger partial charge in [-0.05, 0) is 12.8 Å². The molecule has 1 saturated heterocycles. The summed E-state index contributed by atoms with van der Waals surface area (Å²) in [6.07, 6.45) is 13.7. The van der Waals surface area contributed by atoms with Gasteiger partial charge in [0.15, 0.2) is 0 Å². The fraction of sp³-hybridized carbons (Fsp3) is 0.944. The van der Waals surface area contributed by atoms with Gasteiger partial charge >= 0.3 is 5.97 Å². The number of carbonyl (C=O) groups excluding carboxylic acids is 1. The van der Waals surface area contributed by atoms with Gasteiger partial charge < -0.3 is 9.84 Å². The van der Waals surface area contributed by atoms with E-state index in [0.29, 0.717) is 6.42 Å². The van der Waals surface area contributed by atoms with E-state index in [4.69, 9.17) is 4.74 Å². The van der Waals surface area contributed by atoms with E-state index in [1.807, 2.05) is 6.92 Å². The number of esters is 1. The standard InChI is InChI=1S/C18H34O3/c1-3-5-6-7-8-9-10-11-12-13-15(19)14-17-16(4-2)18(20)21-17/h15-17,19H,3-14H2,1-2H3/t15?,16-,17-/m1/s1. The van der Waals surface area contributed by atoms with Gasteiger partial charge in [0.25, 0.3) is 0 Å². The number of hydrogen-bond acceptors (Lipinski definition) is 3. The minimum absolute atomic E-state index is 0.0303. The predicted molar refractivity (Wildman–Crippen MR) is 86.1 cm³/mol. The van der Waals surface area contributed by atoms with E-state index in [0.717, 1.165) is 19.3 Å². The summed E-state index contributed by atoms with van der Waals surface area (Å²) in [7, 11) is 0. The number of cyclic esters (lactones) is 1. The van der Waals surface area contributed by atoms with Crippen LogP contribution in [0.5, 0.6) is 0 Å². The van der Waals surface area contributed by atoms with Crippen LogP contribution < -0.4 is 0 Å². The molecule has 1 heterocycles. The van der Waals surface area contributed by atoms with Crippen LogP contribution in [0.1, 0.15) is 90.9 Å². The minimum atomic E-state index is -0.304. The van der Waals surface area contributed by atoms with Crippen molar-refractivity contribution in [2.45, 2.75) is 103 Å². The first-order chi connectivity index (χ1) is 10.2. The number of aliphatic hydroxyl groups is 1. The van der Waals surface area contributed by atoms with Gasteiger partial charge in [-0.1, -0.05) is 71.6 Å². The smallest absolute Gasteiger partial charge is 0.313 e. The third kappa shape index (κ3) is 7.30. The summed E-state index contributed by atoms with van der Waals surface area (Å²) in [4.78, 5) is 11.2. The maximum absolute atomic E-state index is 11.2. The highest BCUT2D eigenvalue weighted by molar-refractivity contribution is 5.78. The predicted octanol–water partition coefficient (Wildman–Crippen LogP) is 4.61. The second kappa shape index (κ2) is 11.1. The SMILES string of the molecule is CCCCCCCCCCCC(O)C[C@H]1OC(=O)[C@@H]1CC. The maximum Gasteiger partial charge on any atom is 0.313 e. The van der Waals surface area contributed by atoms with Crippen LogP contribution in [0, 0.1) is 5.92 Å². The Morgan fingerprint density at radius 2 is 1.57 bits per heavy atom. The molecule has 0 radical (unpaired) electrons. The zero-order valence-corrected chi connectivity index (χ0v) is 14.0. The average molecular weight is 298 g/mol. The molecule has 0 bridgehead atoms. The summed E-state index contributed by atoms with van der Waals surface area (Å²) in [5.74, 6) is -0.0551. The Kier molecular flexibility index (Phi) is 9.73. The van der Waals surface area contributed by atoms with Crippen molar-refractivity contribution in [3.05, 3.63) is 0 Å². The fourth-order valence-corrected chi connectivity index (χ4v) is 3.12. The number of hydrogen-bond donors (Lipinski definition) is 1. The lowest BCUT2D eigenvalue weighted by molar-refractivity contribution is -0.188. The quantitative estimate of drug-likeness (QED) is 0.399. The molecule has 1 aliphatic rings. The molecular formula is C18H34O3. The topological polar surface area (TPSA) is 46.5 Å². The number of aliphatic hydroxyl groups excluding tert-OH is 1. The summed E-state index contributed by atoms with van der Waals surface area (Å²) in [6.45, 7) is 4.25. The zero-order chi connectivity index (χ0) is 15.5. The molecule has 0 amide bonds. The van der Waals surface area contributed by atoms with Crippen molar-refractivity contribution < 1.29 is 14.6 Å². The van der Waals surface area contributed by atoms with E-state index in [9.17, 15) is 9.90 Å². The van der Waals surface area contributed by atoms with Crippen LogP contribution in [0.15, 0.2) is 0 Å². The molecule has 124 valence electrons. The third-order valence-electron chi connectivity index (χ3n) is 4.60. The van der Waals surface area contributed by atoms with E-state index in [1.165, 1.54) is 51.4 Å². The summed E-state index contributed by atoms with van der Waals surface area (Å²) in [5.41, 5.74) is 0. The highest BCUT2D eigenvalue weighted by atomic mass is 16.6. The highest BCUT2D eigenvalue weighted by Crippen LogP contribution is 2.29. The maximum atomic E-state index is 11.2. The Morgan fingerprint density at radius 1 is 1.00 bits per heavy atom. The molecule has 0 aromatic heterocycles. The van der Waals surface area contributed by atoms with Gasteiger partial charge in [0.05, 0.1) is 12.0 Å². The lowest BCUT2D eigenvalue weighted by Crippen LogP contribution is -2.46. The first-order valence-electron chi connectivity index (χ1n) is 9.07.